The van der Waals surface area contributed by atoms with Crippen molar-refractivity contribution in [3.63, 3.8) is 0 Å². The van der Waals surface area contributed by atoms with Gasteiger partial charge in [0.15, 0.2) is 5.82 Å². The Hall–Kier alpha value is -2.15. The van der Waals surface area contributed by atoms with Crippen LogP contribution in [0.1, 0.15) is 72.0 Å². The van der Waals surface area contributed by atoms with Crippen LogP contribution in [-0.4, -0.2) is 32.5 Å². The fraction of sp³-hybridized carbons (Fsp3) is 0.529. The second-order valence-corrected chi connectivity index (χ2v) is 7.07. The number of amides is 1. The van der Waals surface area contributed by atoms with Gasteiger partial charge in [-0.1, -0.05) is 30.6 Å². The molecule has 0 unspecified atom stereocenters. The van der Waals surface area contributed by atoms with Gasteiger partial charge in [0, 0.05) is 18.2 Å². The number of nitrogens with zero attached hydrogens (tertiary/aromatic N) is 3. The molecule has 0 bridgehead atoms. The lowest BCUT2D eigenvalue weighted by atomic mass is 10.1. The number of halogens is 1. The first-order valence-electron chi connectivity index (χ1n) is 8.34. The summed E-state index contributed by atoms with van der Waals surface area (Å²) in [6, 6.07) is -0.314. The topological polar surface area (TPSA) is 92.1 Å². The third kappa shape index (κ3) is 3.08. The molecular weight excluding hydrogens is 344 g/mol. The van der Waals surface area contributed by atoms with E-state index < -0.39 is 5.56 Å². The molecule has 1 saturated heterocycles. The SMILES string of the molecule is Cc1[nH]c(=O)c(C(=O)N2CCC[C@H]2c2nc(C(C)C)no2)c(C)c1Cl. The average molecular weight is 365 g/mol. The maximum Gasteiger partial charge on any atom is 0.261 e. The van der Waals surface area contributed by atoms with Crippen molar-refractivity contribution >= 4 is 17.5 Å². The van der Waals surface area contributed by atoms with Gasteiger partial charge in [0.2, 0.25) is 5.89 Å². The van der Waals surface area contributed by atoms with E-state index in [4.69, 9.17) is 16.1 Å². The number of nitrogens with one attached hydrogen (secondary N) is 1. The predicted octanol–water partition coefficient (Wildman–Crippen LogP) is 3.13. The van der Waals surface area contributed by atoms with Crippen molar-refractivity contribution in [1.82, 2.24) is 20.0 Å². The molecule has 1 amide bonds. The van der Waals surface area contributed by atoms with Gasteiger partial charge in [-0.15, -0.1) is 0 Å². The van der Waals surface area contributed by atoms with Crippen molar-refractivity contribution in [2.24, 2.45) is 0 Å². The molecule has 25 heavy (non-hydrogen) atoms. The van der Waals surface area contributed by atoms with Crippen molar-refractivity contribution in [2.45, 2.75) is 52.5 Å². The number of aromatic amines is 1. The largest absolute Gasteiger partial charge is 0.337 e. The van der Waals surface area contributed by atoms with Crippen molar-refractivity contribution in [3.05, 3.63) is 43.9 Å². The molecule has 0 saturated carbocycles. The van der Waals surface area contributed by atoms with Gasteiger partial charge in [0.1, 0.15) is 11.6 Å². The molecule has 134 valence electrons. The molecule has 0 aliphatic carbocycles. The molecule has 2 aromatic rings. The van der Waals surface area contributed by atoms with Crippen LogP contribution >= 0.6 is 11.6 Å². The molecule has 0 spiro atoms. The summed E-state index contributed by atoms with van der Waals surface area (Å²) in [5, 5.41) is 4.38. The number of aryl methyl sites for hydroxylation is 1. The summed E-state index contributed by atoms with van der Waals surface area (Å²) in [4.78, 5) is 34.0. The number of carbonyl (C=O) groups is 1. The van der Waals surface area contributed by atoms with Gasteiger partial charge in [-0.3, -0.25) is 9.59 Å². The van der Waals surface area contributed by atoms with E-state index in [9.17, 15) is 9.59 Å². The van der Waals surface area contributed by atoms with E-state index in [1.165, 1.54) is 0 Å². The van der Waals surface area contributed by atoms with Gasteiger partial charge in [0.25, 0.3) is 11.5 Å². The van der Waals surface area contributed by atoms with Crippen LogP contribution in [0.5, 0.6) is 0 Å². The Morgan fingerprint density at radius 3 is 2.76 bits per heavy atom. The van der Waals surface area contributed by atoms with Gasteiger partial charge < -0.3 is 14.4 Å². The van der Waals surface area contributed by atoms with E-state index in [1.54, 1.807) is 18.7 Å². The van der Waals surface area contributed by atoms with Crippen LogP contribution in [0, 0.1) is 13.8 Å². The lowest BCUT2D eigenvalue weighted by molar-refractivity contribution is 0.0707. The molecule has 3 heterocycles. The van der Waals surface area contributed by atoms with Crippen molar-refractivity contribution < 1.29 is 9.32 Å². The molecule has 1 atom stereocenters. The van der Waals surface area contributed by atoms with Gasteiger partial charge in [-0.05, 0) is 32.3 Å². The summed E-state index contributed by atoms with van der Waals surface area (Å²) in [5.74, 6) is 0.819. The Bertz CT molecular complexity index is 871. The minimum atomic E-state index is -0.427. The van der Waals surface area contributed by atoms with Crippen LogP contribution in [0.2, 0.25) is 5.02 Å². The van der Waals surface area contributed by atoms with E-state index >= 15 is 0 Å². The molecule has 3 rings (SSSR count). The Kier molecular flexibility index (Phi) is 4.69. The molecule has 1 N–H and O–H groups in total. The molecule has 7 nitrogen and oxygen atoms in total. The molecule has 1 aliphatic heterocycles. The molecule has 2 aromatic heterocycles. The van der Waals surface area contributed by atoms with Crippen LogP contribution < -0.4 is 5.56 Å². The zero-order valence-corrected chi connectivity index (χ0v) is 15.5. The normalized spacial score (nSPS) is 17.5. The predicted molar refractivity (Wildman–Crippen MR) is 92.9 cm³/mol. The summed E-state index contributed by atoms with van der Waals surface area (Å²) < 4.78 is 5.36. The number of hydrogen-bond donors (Lipinski definition) is 1. The zero-order valence-electron chi connectivity index (χ0n) is 14.7. The second kappa shape index (κ2) is 6.63. The fourth-order valence-electron chi connectivity index (χ4n) is 3.13. The van der Waals surface area contributed by atoms with Crippen molar-refractivity contribution in [3.8, 4) is 0 Å². The molecule has 1 fully saturated rings. The van der Waals surface area contributed by atoms with Gasteiger partial charge in [-0.25, -0.2) is 0 Å². The van der Waals surface area contributed by atoms with Crippen LogP contribution in [0.3, 0.4) is 0 Å². The number of likely N-dealkylation sites (tertiary alicyclic amines) is 1. The Labute approximate surface area is 150 Å². The summed E-state index contributed by atoms with van der Waals surface area (Å²) in [7, 11) is 0. The van der Waals surface area contributed by atoms with Crippen LogP contribution in [0.4, 0.5) is 0 Å². The summed E-state index contributed by atoms with van der Waals surface area (Å²) in [6.07, 6.45) is 1.54. The highest BCUT2D eigenvalue weighted by Crippen LogP contribution is 2.33. The third-order valence-corrected chi connectivity index (χ3v) is 5.11. The summed E-state index contributed by atoms with van der Waals surface area (Å²) >= 11 is 6.22. The van der Waals surface area contributed by atoms with Crippen LogP contribution in [0.15, 0.2) is 9.32 Å². The third-order valence-electron chi connectivity index (χ3n) is 4.55. The number of aromatic nitrogens is 3. The first-order chi connectivity index (χ1) is 11.8. The maximum absolute atomic E-state index is 13.0. The number of hydrogen-bond acceptors (Lipinski definition) is 5. The lowest BCUT2D eigenvalue weighted by Gasteiger charge is -2.22. The fourth-order valence-corrected chi connectivity index (χ4v) is 3.28. The van der Waals surface area contributed by atoms with E-state index in [0.29, 0.717) is 34.5 Å². The summed E-state index contributed by atoms with van der Waals surface area (Å²) in [6.45, 7) is 7.88. The van der Waals surface area contributed by atoms with Crippen LogP contribution in [-0.2, 0) is 0 Å². The highest BCUT2D eigenvalue weighted by Gasteiger charge is 2.36. The van der Waals surface area contributed by atoms with Gasteiger partial charge >= 0.3 is 0 Å². The number of carbonyl (C=O) groups excluding carboxylic acids is 1. The van der Waals surface area contributed by atoms with Crippen molar-refractivity contribution in [1.29, 1.82) is 0 Å². The highest BCUT2D eigenvalue weighted by atomic mass is 35.5. The number of rotatable bonds is 3. The molecule has 8 heteroatoms. The second-order valence-electron chi connectivity index (χ2n) is 6.70. The molecule has 0 aromatic carbocycles. The zero-order chi connectivity index (χ0) is 18.3. The Balaban J connectivity index is 1.96. The molecule has 1 aliphatic rings. The van der Waals surface area contributed by atoms with Gasteiger partial charge in [-0.2, -0.15) is 4.98 Å². The standard InChI is InChI=1S/C17H21ClN4O3/c1-8(2)14-20-16(25-21-14)11-6-5-7-22(11)17(24)12-9(3)13(18)10(4)19-15(12)23/h8,11H,5-7H2,1-4H3,(H,19,23)/t11-/m0/s1. The highest BCUT2D eigenvalue weighted by molar-refractivity contribution is 6.32. The Morgan fingerprint density at radius 1 is 1.40 bits per heavy atom. The van der Waals surface area contributed by atoms with Crippen molar-refractivity contribution in [2.75, 3.05) is 6.54 Å². The smallest absolute Gasteiger partial charge is 0.261 e. The number of pyridine rings is 1. The van der Waals surface area contributed by atoms with Crippen LogP contribution in [0.25, 0.3) is 0 Å². The van der Waals surface area contributed by atoms with E-state index in [2.05, 4.69) is 15.1 Å². The van der Waals surface area contributed by atoms with Gasteiger partial charge in [0.05, 0.1) is 5.02 Å². The maximum atomic E-state index is 13.0. The Morgan fingerprint density at radius 2 is 2.12 bits per heavy atom. The lowest BCUT2D eigenvalue weighted by Crippen LogP contribution is -2.35. The quantitative estimate of drug-likeness (QED) is 0.903. The van der Waals surface area contributed by atoms with E-state index in [-0.39, 0.29) is 23.4 Å². The average Bonchev–Trinajstić information content (AvgIpc) is 3.21. The minimum absolute atomic E-state index is 0.0751. The minimum Gasteiger partial charge on any atom is -0.337 e. The van der Waals surface area contributed by atoms with E-state index in [0.717, 1.165) is 12.8 Å². The first kappa shape index (κ1) is 17.7. The van der Waals surface area contributed by atoms with E-state index in [1.807, 2.05) is 13.8 Å². The number of H-pyrrole nitrogens is 1. The summed E-state index contributed by atoms with van der Waals surface area (Å²) in [5.41, 5.74) is 0.693. The molecule has 0 radical (unpaired) electrons. The monoisotopic (exact) mass is 364 g/mol. The first-order valence-corrected chi connectivity index (χ1v) is 8.72. The molecular formula is C17H21ClN4O3.